The topological polar surface area (TPSA) is 51.6 Å². The fraction of sp³-hybridized carbons (Fsp3) is 0.826. The number of nitrogens with zero attached hydrogens (tertiary/aromatic N) is 3. The number of aromatic nitrogens is 2. The van der Waals surface area contributed by atoms with Crippen LogP contribution in [0.1, 0.15) is 63.1 Å². The van der Waals surface area contributed by atoms with Gasteiger partial charge < -0.3 is 24.3 Å². The van der Waals surface area contributed by atoms with E-state index in [1.54, 1.807) is 7.11 Å². The van der Waals surface area contributed by atoms with Crippen LogP contribution in [0.4, 0.5) is 0 Å². The minimum Gasteiger partial charge on any atom is -0.382 e. The van der Waals surface area contributed by atoms with Crippen LogP contribution in [-0.2, 0) is 16.2 Å². The van der Waals surface area contributed by atoms with Crippen LogP contribution in [-0.4, -0.2) is 58.5 Å². The molecule has 1 aromatic heterocycles. The molecule has 1 N–H and O–H groups in total. The molecule has 0 spiro atoms. The average Bonchev–Trinajstić information content (AvgIpc) is 3.18. The first-order valence-electron chi connectivity index (χ1n) is 11.8. The van der Waals surface area contributed by atoms with E-state index in [-0.39, 0.29) is 0 Å². The van der Waals surface area contributed by atoms with Gasteiger partial charge >= 0.3 is 0 Å². The largest absolute Gasteiger partial charge is 0.382 e. The molecule has 0 radical (unpaired) electrons. The zero-order valence-corrected chi connectivity index (χ0v) is 19.0. The molecule has 30 heavy (non-hydrogen) atoms. The van der Waals surface area contributed by atoms with E-state index in [0.29, 0.717) is 31.4 Å². The lowest BCUT2D eigenvalue weighted by Gasteiger charge is -2.57. The van der Waals surface area contributed by atoms with Crippen LogP contribution in [0, 0.1) is 17.8 Å². The van der Waals surface area contributed by atoms with Crippen molar-refractivity contribution in [1.82, 2.24) is 19.8 Å². The van der Waals surface area contributed by atoms with Crippen molar-refractivity contribution in [3.63, 3.8) is 0 Å². The quantitative estimate of drug-likeness (QED) is 0.526. The minimum absolute atomic E-state index is 0.304. The number of piperidine rings is 1. The summed E-state index contributed by atoms with van der Waals surface area (Å²) in [6, 6.07) is 0. The number of methoxy groups -OCH3 is 1. The highest BCUT2D eigenvalue weighted by Gasteiger charge is 2.51. The molecule has 0 amide bonds. The van der Waals surface area contributed by atoms with Crippen molar-refractivity contribution < 1.29 is 9.47 Å². The van der Waals surface area contributed by atoms with Gasteiger partial charge in [-0.25, -0.2) is 4.98 Å². The molecule has 6 nitrogen and oxygen atoms in total. The molecule has 0 atom stereocenters. The lowest BCUT2D eigenvalue weighted by Crippen LogP contribution is -2.62. The third kappa shape index (κ3) is 4.26. The van der Waals surface area contributed by atoms with Gasteiger partial charge in [0.25, 0.3) is 0 Å². The molecule has 5 aliphatic rings. The summed E-state index contributed by atoms with van der Waals surface area (Å²) in [5.74, 6) is 4.46. The Balaban J connectivity index is 1.13. The standard InChI is InChI=1S/C23H36N4O2S/c1-28-8-9-29-16-27-7-4-24-21(27)20-2-5-26(6-3-20)22(30)25-23-13-17-10-18(14-23)12-19(11-17)15-23/h4,7,17-20H,2-3,5-6,8-16H2,1H3,(H,25,30). The number of ether oxygens (including phenoxy) is 2. The lowest BCUT2D eigenvalue weighted by molar-refractivity contribution is -0.0113. The summed E-state index contributed by atoms with van der Waals surface area (Å²) in [5, 5.41) is 4.90. The molecular formula is C23H36N4O2S. The highest BCUT2D eigenvalue weighted by molar-refractivity contribution is 7.80. The summed E-state index contributed by atoms with van der Waals surface area (Å²) >= 11 is 5.92. The second-order valence-electron chi connectivity index (χ2n) is 10.2. The van der Waals surface area contributed by atoms with Crippen LogP contribution < -0.4 is 5.32 Å². The van der Waals surface area contributed by atoms with E-state index >= 15 is 0 Å². The first-order valence-corrected chi connectivity index (χ1v) is 12.2. The van der Waals surface area contributed by atoms with Gasteiger partial charge in [-0.1, -0.05) is 0 Å². The van der Waals surface area contributed by atoms with Gasteiger partial charge in [0.2, 0.25) is 0 Å². The molecule has 4 aliphatic carbocycles. The predicted molar refractivity (Wildman–Crippen MR) is 120 cm³/mol. The number of hydrogen-bond acceptors (Lipinski definition) is 4. The van der Waals surface area contributed by atoms with Crippen molar-refractivity contribution >= 4 is 17.3 Å². The number of hydrogen-bond donors (Lipinski definition) is 1. The van der Waals surface area contributed by atoms with Gasteiger partial charge in [-0.05, 0) is 81.3 Å². The fourth-order valence-electron chi connectivity index (χ4n) is 7.01. The van der Waals surface area contributed by atoms with Crippen LogP contribution in [0.25, 0.3) is 0 Å². The normalized spacial score (nSPS) is 33.2. The summed E-state index contributed by atoms with van der Waals surface area (Å²) in [7, 11) is 1.70. The molecule has 5 fully saturated rings. The van der Waals surface area contributed by atoms with E-state index < -0.39 is 0 Å². The maximum absolute atomic E-state index is 5.92. The number of rotatable bonds is 7. The number of thiocarbonyl (C=S) groups is 1. The SMILES string of the molecule is COCCOCn1ccnc1C1CCN(C(=S)NC23CC4CC(CC(C4)C2)C3)CC1. The van der Waals surface area contributed by atoms with Crippen molar-refractivity contribution in [1.29, 1.82) is 0 Å². The predicted octanol–water partition coefficient (Wildman–Crippen LogP) is 3.53. The Morgan fingerprint density at radius 2 is 1.80 bits per heavy atom. The third-order valence-corrected chi connectivity index (χ3v) is 8.33. The molecule has 2 heterocycles. The fourth-order valence-corrected chi connectivity index (χ4v) is 7.40. The van der Waals surface area contributed by atoms with E-state index in [2.05, 4.69) is 19.8 Å². The van der Waals surface area contributed by atoms with Crippen LogP contribution in [0.15, 0.2) is 12.4 Å². The summed E-state index contributed by atoms with van der Waals surface area (Å²) in [4.78, 5) is 7.05. The van der Waals surface area contributed by atoms with E-state index in [9.17, 15) is 0 Å². The Kier molecular flexibility index (Phi) is 6.04. The highest BCUT2D eigenvalue weighted by atomic mass is 32.1. The summed E-state index contributed by atoms with van der Waals surface area (Å²) in [6.45, 7) is 3.80. The monoisotopic (exact) mass is 432 g/mol. The number of nitrogens with one attached hydrogen (secondary N) is 1. The summed E-state index contributed by atoms with van der Waals surface area (Å²) < 4.78 is 12.9. The molecule has 0 unspecified atom stereocenters. The van der Waals surface area contributed by atoms with Gasteiger partial charge in [0.05, 0.1) is 13.2 Å². The van der Waals surface area contributed by atoms with Gasteiger partial charge in [0.15, 0.2) is 5.11 Å². The van der Waals surface area contributed by atoms with Gasteiger partial charge in [-0.3, -0.25) is 0 Å². The molecular weight excluding hydrogens is 396 g/mol. The van der Waals surface area contributed by atoms with Crippen LogP contribution in [0.5, 0.6) is 0 Å². The number of likely N-dealkylation sites (tertiary alicyclic amines) is 1. The first-order chi connectivity index (χ1) is 14.6. The van der Waals surface area contributed by atoms with Crippen LogP contribution in [0.3, 0.4) is 0 Å². The Labute approximate surface area is 185 Å². The maximum Gasteiger partial charge on any atom is 0.169 e. The second-order valence-corrected chi connectivity index (χ2v) is 10.6. The van der Waals surface area contributed by atoms with Gasteiger partial charge in [-0.2, -0.15) is 0 Å². The molecule has 4 bridgehead atoms. The summed E-state index contributed by atoms with van der Waals surface area (Å²) in [6.07, 6.45) is 14.6. The van der Waals surface area contributed by atoms with Gasteiger partial charge in [0, 0.05) is 44.0 Å². The molecule has 1 aromatic rings. The van der Waals surface area contributed by atoms with Crippen molar-refractivity contribution in [3.05, 3.63) is 18.2 Å². The minimum atomic E-state index is 0.304. The Morgan fingerprint density at radius 3 is 2.43 bits per heavy atom. The summed E-state index contributed by atoms with van der Waals surface area (Å²) in [5.41, 5.74) is 0.304. The Morgan fingerprint density at radius 1 is 1.13 bits per heavy atom. The van der Waals surface area contributed by atoms with Crippen LogP contribution in [0.2, 0.25) is 0 Å². The zero-order chi connectivity index (χ0) is 20.6. The smallest absolute Gasteiger partial charge is 0.169 e. The van der Waals surface area contributed by atoms with E-state index in [0.717, 1.165) is 54.6 Å². The number of imidazole rings is 1. The van der Waals surface area contributed by atoms with E-state index in [1.165, 1.54) is 38.5 Å². The van der Waals surface area contributed by atoms with Gasteiger partial charge in [0.1, 0.15) is 12.6 Å². The van der Waals surface area contributed by atoms with Crippen molar-refractivity contribution in [2.24, 2.45) is 17.8 Å². The molecule has 0 aromatic carbocycles. The van der Waals surface area contributed by atoms with Crippen LogP contribution >= 0.6 is 12.2 Å². The Bertz CT molecular complexity index is 708. The molecule has 6 rings (SSSR count). The molecule has 166 valence electrons. The average molecular weight is 433 g/mol. The molecule has 4 saturated carbocycles. The van der Waals surface area contributed by atoms with Crippen molar-refractivity contribution in [2.45, 2.75) is 69.6 Å². The Hall–Kier alpha value is -1.18. The lowest BCUT2D eigenvalue weighted by atomic mass is 9.53. The molecule has 7 heteroatoms. The molecule has 1 saturated heterocycles. The van der Waals surface area contributed by atoms with E-state index in [4.69, 9.17) is 21.7 Å². The van der Waals surface area contributed by atoms with E-state index in [1.807, 2.05) is 12.4 Å². The third-order valence-electron chi connectivity index (χ3n) is 7.97. The zero-order valence-electron chi connectivity index (χ0n) is 18.2. The highest BCUT2D eigenvalue weighted by Crippen LogP contribution is 2.55. The van der Waals surface area contributed by atoms with Gasteiger partial charge in [-0.15, -0.1) is 0 Å². The molecule has 1 aliphatic heterocycles. The maximum atomic E-state index is 5.92. The first kappa shape index (κ1) is 20.7. The van der Waals surface area contributed by atoms with Crippen molar-refractivity contribution in [3.8, 4) is 0 Å². The second kappa shape index (κ2) is 8.75. The van der Waals surface area contributed by atoms with Crippen molar-refractivity contribution in [2.75, 3.05) is 33.4 Å².